The van der Waals surface area contributed by atoms with E-state index >= 15 is 0 Å². The number of rotatable bonds is 6. The molecule has 6 heteroatoms. The number of methoxy groups -OCH3 is 1. The molecule has 0 bridgehead atoms. The second-order valence-corrected chi connectivity index (χ2v) is 5.08. The van der Waals surface area contributed by atoms with E-state index in [1.54, 1.807) is 19.2 Å². The molecule has 2 aromatic carbocycles. The zero-order valence-electron chi connectivity index (χ0n) is 11.3. The maximum Gasteiger partial charge on any atom is 0.387 e. The number of alkyl halides is 2. The van der Waals surface area contributed by atoms with Crippen molar-refractivity contribution in [2.24, 2.45) is 0 Å². The molecular formula is C15H14BrF2NO2. The topological polar surface area (TPSA) is 30.5 Å². The van der Waals surface area contributed by atoms with Crippen molar-refractivity contribution < 1.29 is 18.3 Å². The van der Waals surface area contributed by atoms with Gasteiger partial charge in [0.05, 0.1) is 11.6 Å². The van der Waals surface area contributed by atoms with Crippen LogP contribution in [0.4, 0.5) is 14.5 Å². The molecule has 2 rings (SSSR count). The largest absolute Gasteiger partial charge is 0.496 e. The van der Waals surface area contributed by atoms with Crippen LogP contribution < -0.4 is 14.8 Å². The van der Waals surface area contributed by atoms with Crippen molar-refractivity contribution in [3.63, 3.8) is 0 Å². The molecule has 2 aromatic rings. The van der Waals surface area contributed by atoms with Crippen LogP contribution in [-0.2, 0) is 6.54 Å². The van der Waals surface area contributed by atoms with Crippen molar-refractivity contribution in [2.45, 2.75) is 13.2 Å². The average Bonchev–Trinajstić information content (AvgIpc) is 2.46. The molecule has 0 saturated carbocycles. The summed E-state index contributed by atoms with van der Waals surface area (Å²) in [4.78, 5) is 0. The minimum atomic E-state index is -2.80. The first-order valence-corrected chi connectivity index (χ1v) is 6.99. The quantitative estimate of drug-likeness (QED) is 0.814. The smallest absolute Gasteiger partial charge is 0.387 e. The van der Waals surface area contributed by atoms with Crippen LogP contribution >= 0.6 is 15.9 Å². The van der Waals surface area contributed by atoms with E-state index in [0.29, 0.717) is 6.54 Å². The highest BCUT2D eigenvalue weighted by molar-refractivity contribution is 9.10. The summed E-state index contributed by atoms with van der Waals surface area (Å²) in [6.45, 7) is -2.22. The molecule has 0 aliphatic carbocycles. The summed E-state index contributed by atoms with van der Waals surface area (Å²) < 4.78 is 34.4. The van der Waals surface area contributed by atoms with Crippen LogP contribution in [0.2, 0.25) is 0 Å². The van der Waals surface area contributed by atoms with Crippen molar-refractivity contribution in [3.05, 3.63) is 52.5 Å². The molecule has 0 unspecified atom stereocenters. The fourth-order valence-corrected chi connectivity index (χ4v) is 2.31. The molecular weight excluding hydrogens is 344 g/mol. The number of hydrogen-bond acceptors (Lipinski definition) is 3. The Kier molecular flexibility index (Phi) is 5.38. The molecule has 0 aliphatic rings. The standard InChI is InChI=1S/C15H14BrF2NO2/c1-20-14-7-4-11(8-13(14)16)19-9-10-2-5-12(6-3-10)21-15(17)18/h2-8,15,19H,9H2,1H3. The van der Waals surface area contributed by atoms with Crippen LogP contribution in [-0.4, -0.2) is 13.7 Å². The second kappa shape index (κ2) is 7.26. The van der Waals surface area contributed by atoms with Crippen LogP contribution in [0, 0.1) is 0 Å². The number of nitrogens with one attached hydrogen (secondary N) is 1. The highest BCUT2D eigenvalue weighted by Gasteiger charge is 2.04. The number of benzene rings is 2. The molecule has 0 fully saturated rings. The molecule has 0 spiro atoms. The average molecular weight is 358 g/mol. The van der Waals surface area contributed by atoms with Gasteiger partial charge in [-0.25, -0.2) is 0 Å². The van der Waals surface area contributed by atoms with Crippen LogP contribution in [0.25, 0.3) is 0 Å². The van der Waals surface area contributed by atoms with Crippen molar-refractivity contribution in [2.75, 3.05) is 12.4 Å². The third kappa shape index (κ3) is 4.60. The Morgan fingerprint density at radius 1 is 1.14 bits per heavy atom. The minimum absolute atomic E-state index is 0.154. The Morgan fingerprint density at radius 2 is 1.86 bits per heavy atom. The van der Waals surface area contributed by atoms with Gasteiger partial charge in [0, 0.05) is 12.2 Å². The summed E-state index contributed by atoms with van der Waals surface area (Å²) in [5, 5.41) is 3.24. The van der Waals surface area contributed by atoms with Crippen LogP contribution in [0.5, 0.6) is 11.5 Å². The third-order valence-corrected chi connectivity index (χ3v) is 3.42. The van der Waals surface area contributed by atoms with Gasteiger partial charge in [-0.2, -0.15) is 8.78 Å². The molecule has 0 aliphatic heterocycles. The van der Waals surface area contributed by atoms with Crippen molar-refractivity contribution >= 4 is 21.6 Å². The highest BCUT2D eigenvalue weighted by Crippen LogP contribution is 2.28. The number of hydrogen-bond donors (Lipinski definition) is 1. The maximum atomic E-state index is 12.0. The number of anilines is 1. The molecule has 3 nitrogen and oxygen atoms in total. The van der Waals surface area contributed by atoms with Gasteiger partial charge < -0.3 is 14.8 Å². The Hall–Kier alpha value is -1.82. The van der Waals surface area contributed by atoms with Gasteiger partial charge in [0.25, 0.3) is 0 Å². The lowest BCUT2D eigenvalue weighted by atomic mass is 10.2. The summed E-state index contributed by atoms with van der Waals surface area (Å²) in [6, 6.07) is 12.2. The molecule has 0 aromatic heterocycles. The summed E-state index contributed by atoms with van der Waals surface area (Å²) >= 11 is 3.41. The zero-order valence-corrected chi connectivity index (χ0v) is 12.9. The Morgan fingerprint density at radius 3 is 2.43 bits per heavy atom. The predicted molar refractivity (Wildman–Crippen MR) is 81.1 cm³/mol. The second-order valence-electron chi connectivity index (χ2n) is 4.23. The van der Waals surface area contributed by atoms with E-state index < -0.39 is 6.61 Å². The molecule has 1 N–H and O–H groups in total. The number of halogens is 3. The van der Waals surface area contributed by atoms with Gasteiger partial charge in [-0.05, 0) is 51.8 Å². The van der Waals surface area contributed by atoms with Gasteiger partial charge in [-0.1, -0.05) is 12.1 Å². The fraction of sp³-hybridized carbons (Fsp3) is 0.200. The predicted octanol–water partition coefficient (Wildman–Crippen LogP) is 4.67. The SMILES string of the molecule is COc1ccc(NCc2ccc(OC(F)F)cc2)cc1Br. The lowest BCUT2D eigenvalue weighted by Crippen LogP contribution is -2.03. The third-order valence-electron chi connectivity index (χ3n) is 2.80. The van der Waals surface area contributed by atoms with Crippen LogP contribution in [0.3, 0.4) is 0 Å². The minimum Gasteiger partial charge on any atom is -0.496 e. The summed E-state index contributed by atoms with van der Waals surface area (Å²) in [5.74, 6) is 0.912. The van der Waals surface area contributed by atoms with Gasteiger partial charge in [-0.15, -0.1) is 0 Å². The summed E-state index contributed by atoms with van der Waals surface area (Å²) in [5.41, 5.74) is 1.89. The lowest BCUT2D eigenvalue weighted by Gasteiger charge is -2.10. The van der Waals surface area contributed by atoms with E-state index in [2.05, 4.69) is 26.0 Å². The first kappa shape index (κ1) is 15.6. The van der Waals surface area contributed by atoms with E-state index in [0.717, 1.165) is 21.5 Å². The van der Waals surface area contributed by atoms with Gasteiger partial charge >= 0.3 is 6.61 Å². The normalized spacial score (nSPS) is 10.5. The first-order chi connectivity index (χ1) is 10.1. The van der Waals surface area contributed by atoms with Crippen LogP contribution in [0.15, 0.2) is 46.9 Å². The van der Waals surface area contributed by atoms with Gasteiger partial charge in [-0.3, -0.25) is 0 Å². The van der Waals surface area contributed by atoms with Crippen molar-refractivity contribution in [1.82, 2.24) is 0 Å². The van der Waals surface area contributed by atoms with E-state index in [1.165, 1.54) is 12.1 Å². The Balaban J connectivity index is 1.95. The molecule has 0 atom stereocenters. The molecule has 112 valence electrons. The monoisotopic (exact) mass is 357 g/mol. The van der Waals surface area contributed by atoms with Gasteiger partial charge in [0.15, 0.2) is 0 Å². The first-order valence-electron chi connectivity index (χ1n) is 6.19. The van der Waals surface area contributed by atoms with E-state index in [4.69, 9.17) is 4.74 Å². The molecule has 0 saturated heterocycles. The highest BCUT2D eigenvalue weighted by atomic mass is 79.9. The van der Waals surface area contributed by atoms with Gasteiger partial charge in [0.2, 0.25) is 0 Å². The Bertz CT molecular complexity index is 591. The Labute approximate surface area is 130 Å². The molecule has 0 amide bonds. The van der Waals surface area contributed by atoms with E-state index in [1.807, 2.05) is 18.2 Å². The van der Waals surface area contributed by atoms with E-state index in [9.17, 15) is 8.78 Å². The lowest BCUT2D eigenvalue weighted by molar-refractivity contribution is -0.0498. The summed E-state index contributed by atoms with van der Waals surface area (Å²) in [6.07, 6.45) is 0. The molecule has 0 heterocycles. The van der Waals surface area contributed by atoms with Crippen LogP contribution in [0.1, 0.15) is 5.56 Å². The maximum absolute atomic E-state index is 12.0. The van der Waals surface area contributed by atoms with Crippen molar-refractivity contribution in [3.8, 4) is 11.5 Å². The molecule has 0 radical (unpaired) electrons. The summed E-state index contributed by atoms with van der Waals surface area (Å²) in [7, 11) is 1.61. The number of ether oxygens (including phenoxy) is 2. The zero-order chi connectivity index (χ0) is 15.2. The van der Waals surface area contributed by atoms with Gasteiger partial charge in [0.1, 0.15) is 11.5 Å². The fourth-order valence-electron chi connectivity index (χ4n) is 1.77. The van der Waals surface area contributed by atoms with Crippen molar-refractivity contribution in [1.29, 1.82) is 0 Å². The molecule has 21 heavy (non-hydrogen) atoms. The van der Waals surface area contributed by atoms with E-state index in [-0.39, 0.29) is 5.75 Å².